The maximum atomic E-state index is 11.2. The topological polar surface area (TPSA) is 98.2 Å². The van der Waals surface area contributed by atoms with Gasteiger partial charge in [0.25, 0.3) is 0 Å². The number of carbonyl (C=O) groups is 1. The Balaban J connectivity index is 1.82. The minimum atomic E-state index is -0.966. The fourth-order valence-electron chi connectivity index (χ4n) is 2.99. The van der Waals surface area contributed by atoms with Crippen molar-refractivity contribution in [2.75, 3.05) is 11.9 Å². The number of aromatic carboxylic acids is 1. The largest absolute Gasteiger partial charge is 0.478 e. The van der Waals surface area contributed by atoms with Crippen molar-refractivity contribution in [1.29, 1.82) is 0 Å². The Morgan fingerprint density at radius 3 is 2.95 bits per heavy atom. The van der Waals surface area contributed by atoms with Gasteiger partial charge in [-0.15, -0.1) is 0 Å². The molecule has 6 nitrogen and oxygen atoms in total. The molecule has 0 aliphatic heterocycles. The molecule has 2 aromatic rings. The van der Waals surface area contributed by atoms with Crippen LogP contribution < -0.4 is 5.32 Å². The molecule has 0 saturated heterocycles. The molecule has 21 heavy (non-hydrogen) atoms. The van der Waals surface area contributed by atoms with Gasteiger partial charge in [0.15, 0.2) is 0 Å². The second kappa shape index (κ2) is 5.73. The molecule has 0 unspecified atom stereocenters. The van der Waals surface area contributed by atoms with Gasteiger partial charge >= 0.3 is 5.97 Å². The average Bonchev–Trinajstić information content (AvgIpc) is 2.94. The molecule has 1 aromatic carbocycles. The van der Waals surface area contributed by atoms with E-state index in [4.69, 9.17) is 5.11 Å². The lowest BCUT2D eigenvalue weighted by Crippen LogP contribution is -2.30. The quantitative estimate of drug-likeness (QED) is 0.692. The minimum Gasteiger partial charge on any atom is -0.478 e. The molecule has 1 heterocycles. The average molecular weight is 289 g/mol. The van der Waals surface area contributed by atoms with Crippen molar-refractivity contribution in [2.24, 2.45) is 5.92 Å². The number of carboxylic acid groups (broad SMARTS) is 1. The van der Waals surface area contributed by atoms with Gasteiger partial charge < -0.3 is 15.5 Å². The van der Waals surface area contributed by atoms with Gasteiger partial charge in [0.05, 0.1) is 23.4 Å². The zero-order valence-electron chi connectivity index (χ0n) is 11.7. The summed E-state index contributed by atoms with van der Waals surface area (Å²) in [5, 5.41) is 30.1. The Hall–Kier alpha value is -2.08. The fourth-order valence-corrected chi connectivity index (χ4v) is 2.99. The van der Waals surface area contributed by atoms with E-state index in [1.54, 1.807) is 18.3 Å². The van der Waals surface area contributed by atoms with Gasteiger partial charge in [-0.3, -0.25) is 5.10 Å². The third-order valence-corrected chi connectivity index (χ3v) is 4.23. The summed E-state index contributed by atoms with van der Waals surface area (Å²) in [6.45, 7) is 0.643. The first-order chi connectivity index (χ1) is 10.1. The highest BCUT2D eigenvalue weighted by Crippen LogP contribution is 2.27. The molecule has 2 atom stereocenters. The number of carboxylic acids is 1. The van der Waals surface area contributed by atoms with Crippen LogP contribution in [0, 0.1) is 5.92 Å². The molecule has 0 spiro atoms. The number of aliphatic hydroxyl groups is 1. The standard InChI is InChI=1S/C15H19N3O3/c19-14-4-2-1-3-9(14)7-16-12-5-10(15(20)21)6-13-11(12)8-17-18-13/h5-6,8-9,14,16,19H,1-4,7H2,(H,17,18)(H,20,21)/t9-,14+/m0/s1. The number of aromatic nitrogens is 2. The Morgan fingerprint density at radius 2 is 2.19 bits per heavy atom. The van der Waals surface area contributed by atoms with Crippen LogP contribution in [-0.4, -0.2) is 39.0 Å². The van der Waals surface area contributed by atoms with Gasteiger partial charge in [-0.05, 0) is 25.0 Å². The number of fused-ring (bicyclic) bond motifs is 1. The third kappa shape index (κ3) is 2.85. The molecule has 112 valence electrons. The van der Waals surface area contributed by atoms with E-state index < -0.39 is 5.97 Å². The number of hydrogen-bond donors (Lipinski definition) is 4. The van der Waals surface area contributed by atoms with Gasteiger partial charge in [0, 0.05) is 23.5 Å². The highest BCUT2D eigenvalue weighted by atomic mass is 16.4. The molecule has 1 aromatic heterocycles. The van der Waals surface area contributed by atoms with E-state index in [1.165, 1.54) is 0 Å². The van der Waals surface area contributed by atoms with Crippen molar-refractivity contribution in [3.8, 4) is 0 Å². The predicted molar refractivity (Wildman–Crippen MR) is 79.5 cm³/mol. The first kappa shape index (κ1) is 13.9. The number of H-pyrrole nitrogens is 1. The van der Waals surface area contributed by atoms with Crippen molar-refractivity contribution in [1.82, 2.24) is 10.2 Å². The van der Waals surface area contributed by atoms with Gasteiger partial charge in [-0.1, -0.05) is 12.8 Å². The van der Waals surface area contributed by atoms with Crippen molar-refractivity contribution < 1.29 is 15.0 Å². The van der Waals surface area contributed by atoms with E-state index in [-0.39, 0.29) is 17.6 Å². The van der Waals surface area contributed by atoms with E-state index in [0.717, 1.165) is 36.8 Å². The number of aromatic amines is 1. The molecule has 6 heteroatoms. The predicted octanol–water partition coefficient (Wildman–Crippen LogP) is 2.22. The Bertz CT molecular complexity index is 653. The highest BCUT2D eigenvalue weighted by Gasteiger charge is 2.23. The van der Waals surface area contributed by atoms with Crippen LogP contribution in [-0.2, 0) is 0 Å². The molecular formula is C15H19N3O3. The SMILES string of the molecule is O=C(O)c1cc(NC[C@@H]2CCCC[C@H]2O)c2cn[nH]c2c1. The molecule has 3 rings (SSSR count). The number of aliphatic hydroxyl groups excluding tert-OH is 1. The highest BCUT2D eigenvalue weighted by molar-refractivity contribution is 5.99. The Labute approximate surface area is 122 Å². The Morgan fingerprint density at radius 1 is 1.38 bits per heavy atom. The van der Waals surface area contributed by atoms with Crippen LogP contribution in [0.1, 0.15) is 36.0 Å². The summed E-state index contributed by atoms with van der Waals surface area (Å²) in [6, 6.07) is 3.20. The Kier molecular flexibility index (Phi) is 3.79. The summed E-state index contributed by atoms with van der Waals surface area (Å²) in [6.07, 6.45) is 5.48. The zero-order chi connectivity index (χ0) is 14.8. The fraction of sp³-hybridized carbons (Fsp3) is 0.467. The maximum absolute atomic E-state index is 11.2. The molecule has 0 radical (unpaired) electrons. The van der Waals surface area contributed by atoms with Crippen LogP contribution in [0.4, 0.5) is 5.69 Å². The lowest BCUT2D eigenvalue weighted by atomic mass is 9.86. The summed E-state index contributed by atoms with van der Waals surface area (Å²) in [5.41, 5.74) is 1.66. The summed E-state index contributed by atoms with van der Waals surface area (Å²) in [7, 11) is 0. The molecule has 4 N–H and O–H groups in total. The third-order valence-electron chi connectivity index (χ3n) is 4.23. The van der Waals surface area contributed by atoms with E-state index in [2.05, 4.69) is 15.5 Å². The summed E-state index contributed by atoms with van der Waals surface area (Å²) in [4.78, 5) is 11.2. The lowest BCUT2D eigenvalue weighted by molar-refractivity contribution is 0.0696. The van der Waals surface area contributed by atoms with E-state index in [1.807, 2.05) is 0 Å². The molecule has 1 aliphatic carbocycles. The zero-order valence-corrected chi connectivity index (χ0v) is 11.7. The first-order valence-corrected chi connectivity index (χ1v) is 7.27. The summed E-state index contributed by atoms with van der Waals surface area (Å²) >= 11 is 0. The van der Waals surface area contributed by atoms with Crippen LogP contribution in [0.5, 0.6) is 0 Å². The van der Waals surface area contributed by atoms with Gasteiger partial charge in [-0.2, -0.15) is 5.10 Å². The summed E-state index contributed by atoms with van der Waals surface area (Å²) < 4.78 is 0. The van der Waals surface area contributed by atoms with Crippen LogP contribution in [0.3, 0.4) is 0 Å². The minimum absolute atomic E-state index is 0.217. The molecule has 1 saturated carbocycles. The molecule has 0 amide bonds. The molecule has 1 aliphatic rings. The second-order valence-electron chi connectivity index (χ2n) is 5.65. The molecule has 0 bridgehead atoms. The maximum Gasteiger partial charge on any atom is 0.335 e. The second-order valence-corrected chi connectivity index (χ2v) is 5.65. The van der Waals surface area contributed by atoms with Gasteiger partial charge in [0.1, 0.15) is 0 Å². The normalized spacial score (nSPS) is 22.3. The van der Waals surface area contributed by atoms with Crippen molar-refractivity contribution in [3.05, 3.63) is 23.9 Å². The summed E-state index contributed by atoms with van der Waals surface area (Å²) in [5.74, 6) is -0.749. The number of hydrogen-bond acceptors (Lipinski definition) is 4. The lowest BCUT2D eigenvalue weighted by Gasteiger charge is -2.28. The van der Waals surface area contributed by atoms with Crippen LogP contribution in [0.2, 0.25) is 0 Å². The molecular weight excluding hydrogens is 270 g/mol. The van der Waals surface area contributed by atoms with Crippen LogP contribution >= 0.6 is 0 Å². The molecule has 1 fully saturated rings. The van der Waals surface area contributed by atoms with Crippen LogP contribution in [0.25, 0.3) is 10.9 Å². The van der Waals surface area contributed by atoms with Gasteiger partial charge in [0.2, 0.25) is 0 Å². The smallest absolute Gasteiger partial charge is 0.335 e. The number of anilines is 1. The van der Waals surface area contributed by atoms with Crippen LogP contribution in [0.15, 0.2) is 18.3 Å². The number of nitrogens with zero attached hydrogens (tertiary/aromatic N) is 1. The van der Waals surface area contributed by atoms with E-state index >= 15 is 0 Å². The van der Waals surface area contributed by atoms with Crippen molar-refractivity contribution in [3.63, 3.8) is 0 Å². The van der Waals surface area contributed by atoms with Crippen molar-refractivity contribution >= 4 is 22.6 Å². The monoisotopic (exact) mass is 289 g/mol. The number of nitrogens with one attached hydrogen (secondary N) is 2. The first-order valence-electron chi connectivity index (χ1n) is 7.27. The van der Waals surface area contributed by atoms with E-state index in [9.17, 15) is 9.90 Å². The number of rotatable bonds is 4. The van der Waals surface area contributed by atoms with E-state index in [0.29, 0.717) is 12.1 Å². The number of benzene rings is 1. The van der Waals surface area contributed by atoms with Crippen molar-refractivity contribution in [2.45, 2.75) is 31.8 Å². The van der Waals surface area contributed by atoms with Gasteiger partial charge in [-0.25, -0.2) is 4.79 Å².